The Labute approximate surface area is 90.8 Å². The predicted octanol–water partition coefficient (Wildman–Crippen LogP) is 2.09. The first-order valence-corrected chi connectivity index (χ1v) is 5.30. The normalized spacial score (nSPS) is 21.0. The van der Waals surface area contributed by atoms with E-state index in [9.17, 15) is 4.79 Å². The van der Waals surface area contributed by atoms with Crippen molar-refractivity contribution in [3.05, 3.63) is 24.3 Å². The van der Waals surface area contributed by atoms with Crippen LogP contribution in [0.3, 0.4) is 0 Å². The second-order valence-corrected chi connectivity index (χ2v) is 3.51. The van der Waals surface area contributed by atoms with Crippen LogP contribution in [-0.2, 0) is 14.3 Å². The molecule has 0 heterocycles. The maximum absolute atomic E-state index is 11.7. The minimum atomic E-state index is -0.845. The van der Waals surface area contributed by atoms with Gasteiger partial charge in [-0.2, -0.15) is 0 Å². The van der Waals surface area contributed by atoms with Gasteiger partial charge in [0.1, 0.15) is 0 Å². The molecule has 3 heteroatoms. The van der Waals surface area contributed by atoms with Crippen LogP contribution in [0, 0.1) is 5.92 Å². The molecule has 0 fully saturated rings. The van der Waals surface area contributed by atoms with Crippen molar-refractivity contribution in [2.24, 2.45) is 5.92 Å². The molecule has 1 aliphatic carbocycles. The second-order valence-electron chi connectivity index (χ2n) is 3.51. The van der Waals surface area contributed by atoms with Crippen LogP contribution in [0.25, 0.3) is 0 Å². The number of allylic oxidation sites excluding steroid dienone is 3. The molecule has 0 aromatic carbocycles. The van der Waals surface area contributed by atoms with E-state index in [2.05, 4.69) is 0 Å². The van der Waals surface area contributed by atoms with E-state index in [0.29, 0.717) is 13.2 Å². The minimum Gasteiger partial charge on any atom is -0.349 e. The van der Waals surface area contributed by atoms with Gasteiger partial charge in [0, 0.05) is 13.2 Å². The SMILES string of the molecule is CCOC(C)(OCC)C1C=CC=CC1=O. The van der Waals surface area contributed by atoms with Gasteiger partial charge in [-0.15, -0.1) is 0 Å². The molecule has 0 spiro atoms. The molecule has 0 saturated heterocycles. The van der Waals surface area contributed by atoms with Crippen molar-refractivity contribution in [1.82, 2.24) is 0 Å². The molecule has 15 heavy (non-hydrogen) atoms. The Morgan fingerprint density at radius 2 is 1.87 bits per heavy atom. The maximum Gasteiger partial charge on any atom is 0.178 e. The molecule has 0 amide bonds. The summed E-state index contributed by atoms with van der Waals surface area (Å²) in [6.45, 7) is 6.65. The standard InChI is InChI=1S/C12H18O3/c1-4-14-12(3,15-5-2)10-8-6-7-9-11(10)13/h6-10H,4-5H2,1-3H3. The van der Waals surface area contributed by atoms with E-state index in [1.54, 1.807) is 12.2 Å². The smallest absolute Gasteiger partial charge is 0.178 e. The number of rotatable bonds is 5. The average molecular weight is 210 g/mol. The molecule has 0 radical (unpaired) electrons. The first-order valence-electron chi connectivity index (χ1n) is 5.30. The highest BCUT2D eigenvalue weighted by Gasteiger charge is 2.38. The van der Waals surface area contributed by atoms with Gasteiger partial charge in [-0.1, -0.05) is 18.2 Å². The molecule has 1 rings (SSSR count). The van der Waals surface area contributed by atoms with E-state index in [4.69, 9.17) is 9.47 Å². The summed E-state index contributed by atoms with van der Waals surface area (Å²) in [5.74, 6) is -1.16. The highest BCUT2D eigenvalue weighted by Crippen LogP contribution is 2.27. The van der Waals surface area contributed by atoms with Crippen molar-refractivity contribution < 1.29 is 14.3 Å². The first kappa shape index (κ1) is 12.1. The Hall–Kier alpha value is -0.930. The van der Waals surface area contributed by atoms with Crippen molar-refractivity contribution in [2.45, 2.75) is 26.6 Å². The van der Waals surface area contributed by atoms with Crippen molar-refractivity contribution in [2.75, 3.05) is 13.2 Å². The molecule has 0 aromatic rings. The molecule has 0 saturated carbocycles. The Bertz CT molecular complexity index is 273. The molecule has 84 valence electrons. The van der Waals surface area contributed by atoms with Crippen LogP contribution >= 0.6 is 0 Å². The first-order chi connectivity index (χ1) is 7.14. The molecule has 1 aliphatic rings. The third kappa shape index (κ3) is 2.76. The van der Waals surface area contributed by atoms with Crippen LogP contribution in [0.1, 0.15) is 20.8 Å². The molecule has 0 aromatic heterocycles. The van der Waals surface area contributed by atoms with Crippen molar-refractivity contribution in [3.8, 4) is 0 Å². The van der Waals surface area contributed by atoms with Gasteiger partial charge in [0.2, 0.25) is 0 Å². The Morgan fingerprint density at radius 3 is 2.33 bits per heavy atom. The number of carbonyl (C=O) groups is 1. The zero-order chi connectivity index (χ0) is 11.3. The van der Waals surface area contributed by atoms with Gasteiger partial charge in [0.25, 0.3) is 0 Å². The summed E-state index contributed by atoms with van der Waals surface area (Å²) in [6.07, 6.45) is 6.97. The average Bonchev–Trinajstić information content (AvgIpc) is 2.19. The summed E-state index contributed by atoms with van der Waals surface area (Å²) < 4.78 is 11.1. The lowest BCUT2D eigenvalue weighted by Gasteiger charge is -2.34. The van der Waals surface area contributed by atoms with Crippen LogP contribution in [0.2, 0.25) is 0 Å². The summed E-state index contributed by atoms with van der Waals surface area (Å²) in [6, 6.07) is 0. The third-order valence-electron chi connectivity index (χ3n) is 2.41. The van der Waals surface area contributed by atoms with Crippen LogP contribution in [-0.4, -0.2) is 24.8 Å². The lowest BCUT2D eigenvalue weighted by atomic mass is 9.91. The Balaban J connectivity index is 2.83. The fourth-order valence-corrected chi connectivity index (χ4v) is 1.75. The van der Waals surface area contributed by atoms with Gasteiger partial charge < -0.3 is 9.47 Å². The van der Waals surface area contributed by atoms with Gasteiger partial charge in [0.15, 0.2) is 11.6 Å². The number of hydrogen-bond acceptors (Lipinski definition) is 3. The molecule has 0 bridgehead atoms. The molecule has 0 N–H and O–H groups in total. The third-order valence-corrected chi connectivity index (χ3v) is 2.41. The van der Waals surface area contributed by atoms with Gasteiger partial charge in [-0.05, 0) is 26.8 Å². The molecule has 1 unspecified atom stereocenters. The fraction of sp³-hybridized carbons (Fsp3) is 0.583. The van der Waals surface area contributed by atoms with Gasteiger partial charge in [-0.3, -0.25) is 4.79 Å². The van der Waals surface area contributed by atoms with Crippen molar-refractivity contribution >= 4 is 5.78 Å². The molecule has 0 aliphatic heterocycles. The number of ketones is 1. The fourth-order valence-electron chi connectivity index (χ4n) is 1.75. The highest BCUT2D eigenvalue weighted by molar-refractivity contribution is 5.95. The van der Waals surface area contributed by atoms with E-state index in [-0.39, 0.29) is 11.7 Å². The lowest BCUT2D eigenvalue weighted by molar-refractivity contribution is -0.238. The monoisotopic (exact) mass is 210 g/mol. The van der Waals surface area contributed by atoms with E-state index < -0.39 is 5.79 Å². The topological polar surface area (TPSA) is 35.5 Å². The number of ether oxygens (including phenoxy) is 2. The largest absolute Gasteiger partial charge is 0.349 e. The van der Waals surface area contributed by atoms with Gasteiger partial charge in [0.05, 0.1) is 5.92 Å². The van der Waals surface area contributed by atoms with Gasteiger partial charge in [-0.25, -0.2) is 0 Å². The van der Waals surface area contributed by atoms with E-state index >= 15 is 0 Å². The molecular weight excluding hydrogens is 192 g/mol. The summed E-state index contributed by atoms with van der Waals surface area (Å²) in [4.78, 5) is 11.7. The van der Waals surface area contributed by atoms with E-state index in [1.807, 2.05) is 32.9 Å². The van der Waals surface area contributed by atoms with E-state index in [1.165, 1.54) is 0 Å². The second kappa shape index (κ2) is 5.24. The number of carbonyl (C=O) groups excluding carboxylic acids is 1. The number of hydrogen-bond donors (Lipinski definition) is 0. The van der Waals surface area contributed by atoms with Crippen LogP contribution in [0.15, 0.2) is 24.3 Å². The predicted molar refractivity (Wildman–Crippen MR) is 58.4 cm³/mol. The zero-order valence-electron chi connectivity index (χ0n) is 9.53. The van der Waals surface area contributed by atoms with Crippen LogP contribution < -0.4 is 0 Å². The minimum absolute atomic E-state index is 0.0295. The molecule has 3 nitrogen and oxygen atoms in total. The zero-order valence-corrected chi connectivity index (χ0v) is 9.53. The van der Waals surface area contributed by atoms with Crippen LogP contribution in [0.4, 0.5) is 0 Å². The molecule has 1 atom stereocenters. The summed E-state index contributed by atoms with van der Waals surface area (Å²) in [5.41, 5.74) is 0. The van der Waals surface area contributed by atoms with E-state index in [0.717, 1.165) is 0 Å². The summed E-state index contributed by atoms with van der Waals surface area (Å²) in [5, 5.41) is 0. The maximum atomic E-state index is 11.7. The molecular formula is C12H18O3. The summed E-state index contributed by atoms with van der Waals surface area (Å²) >= 11 is 0. The van der Waals surface area contributed by atoms with Crippen LogP contribution in [0.5, 0.6) is 0 Å². The Kier molecular flexibility index (Phi) is 4.24. The van der Waals surface area contributed by atoms with Crippen molar-refractivity contribution in [3.63, 3.8) is 0 Å². The van der Waals surface area contributed by atoms with Gasteiger partial charge >= 0.3 is 0 Å². The quantitative estimate of drug-likeness (QED) is 0.652. The summed E-state index contributed by atoms with van der Waals surface area (Å²) in [7, 11) is 0. The van der Waals surface area contributed by atoms with Crippen molar-refractivity contribution in [1.29, 1.82) is 0 Å². The Morgan fingerprint density at radius 1 is 1.27 bits per heavy atom. The highest BCUT2D eigenvalue weighted by atomic mass is 16.7. The lowest BCUT2D eigenvalue weighted by Crippen LogP contribution is -2.44.